The van der Waals surface area contributed by atoms with Gasteiger partial charge in [-0.15, -0.1) is 0 Å². The minimum Gasteiger partial charge on any atom is -0.398 e. The summed E-state index contributed by atoms with van der Waals surface area (Å²) >= 11 is 3.35. The van der Waals surface area contributed by atoms with Gasteiger partial charge in [-0.3, -0.25) is 4.79 Å². The Hall–Kier alpha value is -1.03. The van der Waals surface area contributed by atoms with E-state index in [-0.39, 0.29) is 5.91 Å². The number of carbonyl (C=O) groups is 1. The Balaban J connectivity index is 2.05. The maximum absolute atomic E-state index is 12.3. The summed E-state index contributed by atoms with van der Waals surface area (Å²) in [6.07, 6.45) is 5.08. The van der Waals surface area contributed by atoms with Gasteiger partial charge in [-0.25, -0.2) is 0 Å². The van der Waals surface area contributed by atoms with Crippen molar-refractivity contribution in [3.05, 3.63) is 28.2 Å². The second-order valence-corrected chi connectivity index (χ2v) is 5.98. The van der Waals surface area contributed by atoms with Crippen LogP contribution in [0.25, 0.3) is 0 Å². The molecule has 1 aromatic carbocycles. The quantitative estimate of drug-likeness (QED) is 0.871. The van der Waals surface area contributed by atoms with Crippen LogP contribution in [0.5, 0.6) is 0 Å². The maximum Gasteiger partial charge on any atom is 0.255 e. The molecule has 2 rings (SSSR count). The lowest BCUT2D eigenvalue weighted by molar-refractivity contribution is 0.0774. The summed E-state index contributed by atoms with van der Waals surface area (Å²) < 4.78 is 0.898. The molecule has 0 aromatic heterocycles. The van der Waals surface area contributed by atoms with Gasteiger partial charge in [0.15, 0.2) is 0 Å². The number of anilines is 1. The lowest BCUT2D eigenvalue weighted by Gasteiger charge is -2.21. The predicted molar refractivity (Wildman–Crippen MR) is 77.5 cm³/mol. The van der Waals surface area contributed by atoms with Crippen molar-refractivity contribution in [1.82, 2.24) is 4.90 Å². The molecule has 0 saturated heterocycles. The van der Waals surface area contributed by atoms with Gasteiger partial charge in [0.05, 0.1) is 5.56 Å². The largest absolute Gasteiger partial charge is 0.398 e. The third-order valence-corrected chi connectivity index (χ3v) is 4.09. The zero-order valence-electron chi connectivity index (χ0n) is 10.7. The molecule has 98 valence electrons. The van der Waals surface area contributed by atoms with Gasteiger partial charge in [-0.05, 0) is 37.0 Å². The number of carbonyl (C=O) groups excluding carboxylic acids is 1. The van der Waals surface area contributed by atoms with Gasteiger partial charge in [-0.1, -0.05) is 28.8 Å². The zero-order chi connectivity index (χ0) is 13.1. The predicted octanol–water partition coefficient (Wildman–Crippen LogP) is 3.29. The second-order valence-electron chi connectivity index (χ2n) is 5.07. The molecule has 1 amide bonds. The summed E-state index contributed by atoms with van der Waals surface area (Å²) in [7, 11) is 1.86. The Bertz CT molecular complexity index is 441. The fraction of sp³-hybridized carbons (Fsp3) is 0.500. The lowest BCUT2D eigenvalue weighted by atomic mass is 10.1. The normalized spacial score (nSPS) is 15.9. The minimum atomic E-state index is 0.0203. The molecule has 1 fully saturated rings. The second kappa shape index (κ2) is 5.74. The summed E-state index contributed by atoms with van der Waals surface area (Å²) in [5.41, 5.74) is 7.02. The van der Waals surface area contributed by atoms with Crippen LogP contribution in [-0.4, -0.2) is 24.4 Å². The number of halogens is 1. The molecular weight excluding hydrogens is 292 g/mol. The fourth-order valence-corrected chi connectivity index (χ4v) is 2.98. The van der Waals surface area contributed by atoms with Gasteiger partial charge in [0, 0.05) is 23.8 Å². The summed E-state index contributed by atoms with van der Waals surface area (Å²) in [6, 6.07) is 5.41. The SMILES string of the molecule is CN(CC1CCCC1)C(=O)c1ccc(Br)cc1N. The van der Waals surface area contributed by atoms with Crippen LogP contribution in [0, 0.1) is 5.92 Å². The number of hydrogen-bond acceptors (Lipinski definition) is 2. The lowest BCUT2D eigenvalue weighted by Crippen LogP contribution is -2.31. The first-order valence-electron chi connectivity index (χ1n) is 6.38. The van der Waals surface area contributed by atoms with E-state index in [1.54, 1.807) is 17.0 Å². The minimum absolute atomic E-state index is 0.0203. The van der Waals surface area contributed by atoms with Crippen LogP contribution in [-0.2, 0) is 0 Å². The average Bonchev–Trinajstić information content (AvgIpc) is 2.81. The highest BCUT2D eigenvalue weighted by Crippen LogP contribution is 2.26. The van der Waals surface area contributed by atoms with Crippen molar-refractivity contribution in [3.8, 4) is 0 Å². The van der Waals surface area contributed by atoms with Crippen molar-refractivity contribution < 1.29 is 4.79 Å². The van der Waals surface area contributed by atoms with Crippen LogP contribution in [0.3, 0.4) is 0 Å². The molecule has 0 atom stereocenters. The first-order chi connectivity index (χ1) is 8.58. The van der Waals surface area contributed by atoms with Crippen molar-refractivity contribution in [2.24, 2.45) is 5.92 Å². The van der Waals surface area contributed by atoms with E-state index >= 15 is 0 Å². The molecule has 1 aliphatic carbocycles. The first kappa shape index (κ1) is 13.4. The topological polar surface area (TPSA) is 46.3 Å². The van der Waals surface area contributed by atoms with E-state index in [1.807, 2.05) is 13.1 Å². The van der Waals surface area contributed by atoms with Crippen molar-refractivity contribution in [2.75, 3.05) is 19.3 Å². The molecule has 0 bridgehead atoms. The van der Waals surface area contributed by atoms with E-state index in [0.29, 0.717) is 17.2 Å². The number of nitrogen functional groups attached to an aromatic ring is 1. The van der Waals surface area contributed by atoms with Gasteiger partial charge < -0.3 is 10.6 Å². The maximum atomic E-state index is 12.3. The Kier molecular flexibility index (Phi) is 4.27. The van der Waals surface area contributed by atoms with Gasteiger partial charge >= 0.3 is 0 Å². The van der Waals surface area contributed by atoms with Crippen LogP contribution in [0.2, 0.25) is 0 Å². The Labute approximate surface area is 116 Å². The van der Waals surface area contributed by atoms with Crippen LogP contribution < -0.4 is 5.73 Å². The molecule has 0 unspecified atom stereocenters. The Morgan fingerprint density at radius 3 is 2.72 bits per heavy atom. The molecule has 4 heteroatoms. The van der Waals surface area contributed by atoms with Gasteiger partial charge in [-0.2, -0.15) is 0 Å². The molecule has 1 saturated carbocycles. The fourth-order valence-electron chi connectivity index (χ4n) is 2.60. The molecule has 0 aliphatic heterocycles. The standard InChI is InChI=1S/C14H19BrN2O/c1-17(9-10-4-2-3-5-10)14(18)12-7-6-11(15)8-13(12)16/h6-8,10H,2-5,9,16H2,1H3. The number of benzene rings is 1. The number of amides is 1. The molecule has 3 nitrogen and oxygen atoms in total. The highest BCUT2D eigenvalue weighted by molar-refractivity contribution is 9.10. The third-order valence-electron chi connectivity index (χ3n) is 3.60. The van der Waals surface area contributed by atoms with E-state index in [9.17, 15) is 4.79 Å². The van der Waals surface area contributed by atoms with Gasteiger partial charge in [0.1, 0.15) is 0 Å². The summed E-state index contributed by atoms with van der Waals surface area (Å²) in [5.74, 6) is 0.683. The van der Waals surface area contributed by atoms with E-state index in [4.69, 9.17) is 5.73 Å². The van der Waals surface area contributed by atoms with Crippen molar-refractivity contribution >= 4 is 27.5 Å². The number of hydrogen-bond donors (Lipinski definition) is 1. The Morgan fingerprint density at radius 1 is 1.44 bits per heavy atom. The first-order valence-corrected chi connectivity index (χ1v) is 7.17. The van der Waals surface area contributed by atoms with E-state index in [0.717, 1.165) is 11.0 Å². The molecule has 0 spiro atoms. The summed E-state index contributed by atoms with van der Waals surface area (Å²) in [4.78, 5) is 14.1. The molecular formula is C14H19BrN2O. The van der Waals surface area contributed by atoms with Crippen LogP contribution in [0.1, 0.15) is 36.0 Å². The van der Waals surface area contributed by atoms with Crippen LogP contribution >= 0.6 is 15.9 Å². The van der Waals surface area contributed by atoms with Crippen LogP contribution in [0.4, 0.5) is 5.69 Å². The highest BCUT2D eigenvalue weighted by atomic mass is 79.9. The summed E-state index contributed by atoms with van der Waals surface area (Å²) in [6.45, 7) is 0.842. The Morgan fingerprint density at radius 2 is 2.11 bits per heavy atom. The number of rotatable bonds is 3. The van der Waals surface area contributed by atoms with Gasteiger partial charge in [0.25, 0.3) is 5.91 Å². The highest BCUT2D eigenvalue weighted by Gasteiger charge is 2.21. The van der Waals surface area contributed by atoms with Crippen molar-refractivity contribution in [2.45, 2.75) is 25.7 Å². The molecule has 1 aromatic rings. The molecule has 18 heavy (non-hydrogen) atoms. The average molecular weight is 311 g/mol. The molecule has 2 N–H and O–H groups in total. The number of nitrogens with two attached hydrogens (primary N) is 1. The van der Waals surface area contributed by atoms with Crippen molar-refractivity contribution in [3.63, 3.8) is 0 Å². The van der Waals surface area contributed by atoms with Gasteiger partial charge in [0.2, 0.25) is 0 Å². The number of nitrogens with zero attached hydrogens (tertiary/aromatic N) is 1. The van der Waals surface area contributed by atoms with Crippen molar-refractivity contribution in [1.29, 1.82) is 0 Å². The summed E-state index contributed by atoms with van der Waals surface area (Å²) in [5, 5.41) is 0. The van der Waals surface area contributed by atoms with E-state index < -0.39 is 0 Å². The van der Waals surface area contributed by atoms with E-state index in [1.165, 1.54) is 25.7 Å². The van der Waals surface area contributed by atoms with Crippen LogP contribution in [0.15, 0.2) is 22.7 Å². The van der Waals surface area contributed by atoms with E-state index in [2.05, 4.69) is 15.9 Å². The molecule has 0 radical (unpaired) electrons. The monoisotopic (exact) mass is 310 g/mol. The molecule has 0 heterocycles. The smallest absolute Gasteiger partial charge is 0.255 e. The zero-order valence-corrected chi connectivity index (χ0v) is 12.2. The molecule has 1 aliphatic rings. The third kappa shape index (κ3) is 3.05.